The van der Waals surface area contributed by atoms with Crippen LogP contribution in [0.4, 0.5) is 0 Å². The topological polar surface area (TPSA) is 42.7 Å². The van der Waals surface area contributed by atoms with E-state index in [1.165, 1.54) is 25.7 Å². The molecule has 0 saturated heterocycles. The number of aromatic nitrogens is 3. The number of hydrogen-bond donors (Lipinski definition) is 1. The smallest absolute Gasteiger partial charge is 0.140 e. The molecule has 1 unspecified atom stereocenters. The van der Waals surface area contributed by atoms with Crippen LogP contribution in [0.1, 0.15) is 51.8 Å². The van der Waals surface area contributed by atoms with E-state index in [0.29, 0.717) is 6.04 Å². The minimum atomic E-state index is 0.647. The van der Waals surface area contributed by atoms with Gasteiger partial charge in [-0.1, -0.05) is 26.7 Å². The molecule has 96 valence electrons. The van der Waals surface area contributed by atoms with Gasteiger partial charge in [0, 0.05) is 12.6 Å². The maximum absolute atomic E-state index is 4.33. The van der Waals surface area contributed by atoms with Crippen LogP contribution in [0.2, 0.25) is 0 Å². The van der Waals surface area contributed by atoms with Gasteiger partial charge in [0.2, 0.25) is 0 Å². The van der Waals surface area contributed by atoms with Gasteiger partial charge in [-0.15, -0.1) is 0 Å². The van der Waals surface area contributed by atoms with Crippen molar-refractivity contribution in [1.29, 1.82) is 0 Å². The van der Waals surface area contributed by atoms with Crippen LogP contribution in [0.15, 0.2) is 6.33 Å². The Morgan fingerprint density at radius 1 is 1.47 bits per heavy atom. The zero-order valence-electron chi connectivity index (χ0n) is 11.0. The Hall–Kier alpha value is -0.900. The molecule has 4 heteroatoms. The molecule has 0 aliphatic heterocycles. The molecule has 17 heavy (non-hydrogen) atoms. The fraction of sp³-hybridized carbons (Fsp3) is 0.846. The maximum Gasteiger partial charge on any atom is 0.140 e. The summed E-state index contributed by atoms with van der Waals surface area (Å²) in [6.45, 7) is 6.25. The highest BCUT2D eigenvalue weighted by molar-refractivity contribution is 4.86. The lowest BCUT2D eigenvalue weighted by molar-refractivity contribution is 0.428. The summed E-state index contributed by atoms with van der Waals surface area (Å²) in [7, 11) is 0. The molecule has 0 aromatic carbocycles. The van der Waals surface area contributed by atoms with Crippen LogP contribution in [-0.2, 0) is 13.1 Å². The van der Waals surface area contributed by atoms with Crippen LogP contribution in [-0.4, -0.2) is 20.8 Å². The first-order chi connectivity index (χ1) is 8.33. The van der Waals surface area contributed by atoms with Crippen molar-refractivity contribution in [3.05, 3.63) is 12.2 Å². The second-order valence-electron chi connectivity index (χ2n) is 5.06. The zero-order valence-corrected chi connectivity index (χ0v) is 11.0. The molecule has 4 nitrogen and oxygen atoms in total. The van der Waals surface area contributed by atoms with E-state index in [1.54, 1.807) is 6.33 Å². The van der Waals surface area contributed by atoms with Gasteiger partial charge in [0.25, 0.3) is 0 Å². The van der Waals surface area contributed by atoms with Crippen LogP contribution in [0.25, 0.3) is 0 Å². The van der Waals surface area contributed by atoms with E-state index in [0.717, 1.165) is 31.3 Å². The third kappa shape index (κ3) is 3.80. The van der Waals surface area contributed by atoms with Crippen molar-refractivity contribution in [2.24, 2.45) is 5.92 Å². The molecule has 0 bridgehead atoms. The van der Waals surface area contributed by atoms with Crippen molar-refractivity contribution in [2.45, 2.75) is 65.1 Å². The Morgan fingerprint density at radius 2 is 2.29 bits per heavy atom. The normalized spacial score (nSPS) is 17.3. The molecule has 1 aliphatic rings. The Morgan fingerprint density at radius 3 is 2.94 bits per heavy atom. The van der Waals surface area contributed by atoms with Crippen molar-refractivity contribution in [2.75, 3.05) is 0 Å². The summed E-state index contributed by atoms with van der Waals surface area (Å²) in [6.07, 6.45) is 8.18. The molecular formula is C13H24N4. The van der Waals surface area contributed by atoms with Crippen LogP contribution >= 0.6 is 0 Å². The van der Waals surface area contributed by atoms with Gasteiger partial charge in [0.05, 0.1) is 6.54 Å². The Labute approximate surface area is 104 Å². The Bertz CT molecular complexity index is 330. The van der Waals surface area contributed by atoms with Gasteiger partial charge in [-0.2, -0.15) is 5.10 Å². The quantitative estimate of drug-likeness (QED) is 0.753. The summed E-state index contributed by atoms with van der Waals surface area (Å²) in [5.74, 6) is 2.06. The standard InChI is InChI=1S/C13H24N4/c1-3-7-17-13(15-10-16-17)9-14-12(4-2)8-11-5-6-11/h10-12,14H,3-9H2,1-2H3. The lowest BCUT2D eigenvalue weighted by Gasteiger charge is -2.16. The molecule has 1 aromatic heterocycles. The monoisotopic (exact) mass is 236 g/mol. The summed E-state index contributed by atoms with van der Waals surface area (Å²) in [5.41, 5.74) is 0. The Kier molecular flexibility index (Phi) is 4.54. The van der Waals surface area contributed by atoms with Gasteiger partial charge < -0.3 is 5.32 Å². The van der Waals surface area contributed by atoms with E-state index in [-0.39, 0.29) is 0 Å². The number of rotatable bonds is 8. The van der Waals surface area contributed by atoms with Crippen LogP contribution < -0.4 is 5.32 Å². The molecule has 1 aromatic rings. The van der Waals surface area contributed by atoms with Gasteiger partial charge >= 0.3 is 0 Å². The Balaban J connectivity index is 1.80. The first-order valence-electron chi connectivity index (χ1n) is 6.93. The highest BCUT2D eigenvalue weighted by atomic mass is 15.3. The highest BCUT2D eigenvalue weighted by Gasteiger charge is 2.24. The molecule has 0 amide bonds. The van der Waals surface area contributed by atoms with Crippen molar-refractivity contribution in [1.82, 2.24) is 20.1 Å². The first-order valence-corrected chi connectivity index (χ1v) is 6.93. The largest absolute Gasteiger partial charge is 0.307 e. The molecule has 1 N–H and O–H groups in total. The van der Waals surface area contributed by atoms with Crippen molar-refractivity contribution in [3.63, 3.8) is 0 Å². The number of nitrogens with zero attached hydrogens (tertiary/aromatic N) is 3. The van der Waals surface area contributed by atoms with Gasteiger partial charge in [0.1, 0.15) is 12.2 Å². The van der Waals surface area contributed by atoms with E-state index < -0.39 is 0 Å². The fourth-order valence-electron chi connectivity index (χ4n) is 2.21. The number of aryl methyl sites for hydroxylation is 1. The first kappa shape index (κ1) is 12.6. The second kappa shape index (κ2) is 6.15. The van der Waals surface area contributed by atoms with Crippen molar-refractivity contribution < 1.29 is 0 Å². The lowest BCUT2D eigenvalue weighted by atomic mass is 10.1. The van der Waals surface area contributed by atoms with Gasteiger partial charge in [0.15, 0.2) is 0 Å². The average Bonchev–Trinajstić information content (AvgIpc) is 3.05. The number of hydrogen-bond acceptors (Lipinski definition) is 3. The number of nitrogens with one attached hydrogen (secondary N) is 1. The molecule has 1 heterocycles. The molecule has 1 saturated carbocycles. The van der Waals surface area contributed by atoms with E-state index in [4.69, 9.17) is 0 Å². The van der Waals surface area contributed by atoms with E-state index >= 15 is 0 Å². The van der Waals surface area contributed by atoms with Crippen molar-refractivity contribution in [3.8, 4) is 0 Å². The molecular weight excluding hydrogens is 212 g/mol. The van der Waals surface area contributed by atoms with Crippen LogP contribution in [0.3, 0.4) is 0 Å². The molecule has 1 aliphatic carbocycles. The van der Waals surface area contributed by atoms with Gasteiger partial charge in [-0.3, -0.25) is 0 Å². The third-order valence-electron chi connectivity index (χ3n) is 3.49. The fourth-order valence-corrected chi connectivity index (χ4v) is 2.21. The molecule has 1 fully saturated rings. The summed E-state index contributed by atoms with van der Waals surface area (Å²) >= 11 is 0. The third-order valence-corrected chi connectivity index (χ3v) is 3.49. The predicted octanol–water partition coefficient (Wildman–Crippen LogP) is 2.36. The van der Waals surface area contributed by atoms with Crippen LogP contribution in [0, 0.1) is 5.92 Å². The van der Waals surface area contributed by atoms with Crippen molar-refractivity contribution >= 4 is 0 Å². The summed E-state index contributed by atoms with van der Waals surface area (Å²) < 4.78 is 2.01. The molecule has 0 radical (unpaired) electrons. The zero-order chi connectivity index (χ0) is 12.1. The summed E-state index contributed by atoms with van der Waals surface area (Å²) in [4.78, 5) is 4.33. The van der Waals surface area contributed by atoms with E-state index in [2.05, 4.69) is 29.2 Å². The van der Waals surface area contributed by atoms with Gasteiger partial charge in [-0.25, -0.2) is 9.67 Å². The average molecular weight is 236 g/mol. The highest BCUT2D eigenvalue weighted by Crippen LogP contribution is 2.34. The SMILES string of the molecule is CCCn1ncnc1CNC(CC)CC1CC1. The van der Waals surface area contributed by atoms with Gasteiger partial charge in [-0.05, 0) is 25.2 Å². The van der Waals surface area contributed by atoms with E-state index in [9.17, 15) is 0 Å². The molecule has 2 rings (SSSR count). The van der Waals surface area contributed by atoms with E-state index in [1.807, 2.05) is 4.68 Å². The molecule has 0 spiro atoms. The van der Waals surface area contributed by atoms with Crippen LogP contribution in [0.5, 0.6) is 0 Å². The molecule has 1 atom stereocenters. The predicted molar refractivity (Wildman–Crippen MR) is 68.6 cm³/mol. The second-order valence-corrected chi connectivity index (χ2v) is 5.06. The maximum atomic E-state index is 4.33. The minimum absolute atomic E-state index is 0.647. The lowest BCUT2D eigenvalue weighted by Crippen LogP contribution is -2.29. The summed E-state index contributed by atoms with van der Waals surface area (Å²) in [5, 5.41) is 7.87. The minimum Gasteiger partial charge on any atom is -0.307 e. The summed E-state index contributed by atoms with van der Waals surface area (Å²) in [6, 6.07) is 0.647.